The second kappa shape index (κ2) is 8.41. The summed E-state index contributed by atoms with van der Waals surface area (Å²) in [6, 6.07) is 6.08. The van der Waals surface area contributed by atoms with Crippen molar-refractivity contribution < 1.29 is 14.0 Å². The zero-order valence-electron chi connectivity index (χ0n) is 15.7. The van der Waals surface area contributed by atoms with Crippen LogP contribution in [0.2, 0.25) is 0 Å². The highest BCUT2D eigenvalue weighted by Crippen LogP contribution is 2.48. The van der Waals surface area contributed by atoms with Crippen LogP contribution in [-0.4, -0.2) is 17.7 Å². The van der Waals surface area contributed by atoms with Crippen molar-refractivity contribution in [1.29, 1.82) is 0 Å². The average Bonchev–Trinajstić information content (AvgIpc) is 3.33. The molecule has 0 spiro atoms. The van der Waals surface area contributed by atoms with Crippen molar-refractivity contribution in [1.82, 2.24) is 5.32 Å². The Kier molecular flexibility index (Phi) is 7.12. The normalized spacial score (nSPS) is 20.5. The lowest BCUT2D eigenvalue weighted by molar-refractivity contribution is -0.130. The summed E-state index contributed by atoms with van der Waals surface area (Å²) in [5, 5.41) is 2.88. The van der Waals surface area contributed by atoms with Gasteiger partial charge in [-0.05, 0) is 29.4 Å². The molecule has 1 N–H and O–H groups in total. The van der Waals surface area contributed by atoms with E-state index in [0.29, 0.717) is 18.4 Å². The van der Waals surface area contributed by atoms with Gasteiger partial charge < -0.3 is 5.32 Å². The van der Waals surface area contributed by atoms with Gasteiger partial charge in [-0.2, -0.15) is 0 Å². The van der Waals surface area contributed by atoms with Crippen molar-refractivity contribution in [2.24, 2.45) is 11.3 Å². The summed E-state index contributed by atoms with van der Waals surface area (Å²) in [7, 11) is 0. The van der Waals surface area contributed by atoms with Crippen molar-refractivity contribution in [3.8, 4) is 0 Å². The van der Waals surface area contributed by atoms with Crippen LogP contribution in [0.1, 0.15) is 65.9 Å². The molecule has 1 amide bonds. The largest absolute Gasteiger partial charge is 0.346 e. The predicted octanol–water partition coefficient (Wildman–Crippen LogP) is 4.47. The molecule has 3 atom stereocenters. The van der Waals surface area contributed by atoms with E-state index < -0.39 is 6.04 Å². The van der Waals surface area contributed by atoms with Crippen LogP contribution < -0.4 is 5.32 Å². The summed E-state index contributed by atoms with van der Waals surface area (Å²) in [4.78, 5) is 24.5. The molecule has 0 aliphatic heterocycles. The molecule has 1 fully saturated rings. The first-order chi connectivity index (χ1) is 11.3. The van der Waals surface area contributed by atoms with Gasteiger partial charge in [0.15, 0.2) is 5.78 Å². The van der Waals surface area contributed by atoms with Gasteiger partial charge in [0.05, 0.1) is 6.04 Å². The van der Waals surface area contributed by atoms with E-state index in [1.807, 2.05) is 34.6 Å². The third-order valence-electron chi connectivity index (χ3n) is 4.25. The van der Waals surface area contributed by atoms with E-state index in [9.17, 15) is 14.0 Å². The monoisotopic (exact) mass is 335 g/mol. The summed E-state index contributed by atoms with van der Waals surface area (Å²) < 4.78 is 13.8. The van der Waals surface area contributed by atoms with Crippen LogP contribution in [0.15, 0.2) is 24.3 Å². The molecule has 1 saturated carbocycles. The Hall–Kier alpha value is -1.71. The third kappa shape index (κ3) is 4.89. The van der Waals surface area contributed by atoms with Gasteiger partial charge in [-0.3, -0.25) is 9.59 Å². The van der Waals surface area contributed by atoms with Gasteiger partial charge in [-0.15, -0.1) is 0 Å². The Morgan fingerprint density at radius 3 is 2.33 bits per heavy atom. The van der Waals surface area contributed by atoms with E-state index in [2.05, 4.69) is 5.32 Å². The van der Waals surface area contributed by atoms with Crippen LogP contribution in [0.3, 0.4) is 0 Å². The molecule has 1 aromatic carbocycles. The smallest absolute Gasteiger partial charge is 0.224 e. The molecule has 2 rings (SSSR count). The number of halogens is 1. The lowest BCUT2D eigenvalue weighted by Gasteiger charge is -2.30. The summed E-state index contributed by atoms with van der Waals surface area (Å²) in [5.41, 5.74) is 0.266. The molecule has 0 radical (unpaired) electrons. The number of Topliss-reactive ketones (excluding diaryl/α,β-unsaturated/α-hetero) is 1. The van der Waals surface area contributed by atoms with Crippen LogP contribution in [0, 0.1) is 17.2 Å². The Morgan fingerprint density at radius 2 is 1.83 bits per heavy atom. The number of carbonyl (C=O) groups is 2. The molecule has 0 heterocycles. The fourth-order valence-corrected chi connectivity index (χ4v) is 2.84. The van der Waals surface area contributed by atoms with Gasteiger partial charge >= 0.3 is 0 Å². The highest BCUT2D eigenvalue weighted by Gasteiger charge is 2.46. The molecule has 4 heteroatoms. The Labute approximate surface area is 145 Å². The van der Waals surface area contributed by atoms with Gasteiger partial charge in [0.1, 0.15) is 5.82 Å². The number of nitrogens with one attached hydrogen (secondary N) is 1. The molecule has 1 aromatic rings. The number of ketones is 1. The number of hydrogen-bond acceptors (Lipinski definition) is 2. The molecule has 1 aliphatic carbocycles. The number of amides is 1. The number of rotatable bonds is 5. The Bertz CT molecular complexity index is 577. The molecular formula is C20H30FNO2. The third-order valence-corrected chi connectivity index (χ3v) is 4.25. The second-order valence-electron chi connectivity index (χ2n) is 7.10. The molecule has 0 saturated heterocycles. The molecule has 0 aromatic heterocycles. The minimum Gasteiger partial charge on any atom is -0.346 e. The van der Waals surface area contributed by atoms with E-state index in [1.165, 1.54) is 6.07 Å². The van der Waals surface area contributed by atoms with Crippen molar-refractivity contribution in [2.45, 2.75) is 66.3 Å². The zero-order valence-corrected chi connectivity index (χ0v) is 15.7. The summed E-state index contributed by atoms with van der Waals surface area (Å²) >= 11 is 0. The number of carbonyl (C=O) groups excluding carboxylic acids is 2. The van der Waals surface area contributed by atoms with Crippen LogP contribution in [-0.2, 0) is 9.59 Å². The molecule has 3 nitrogen and oxygen atoms in total. The minimum atomic E-state index is -0.494. The lowest BCUT2D eigenvalue weighted by atomic mass is 9.83. The van der Waals surface area contributed by atoms with Crippen molar-refractivity contribution in [3.05, 3.63) is 35.6 Å². The number of benzene rings is 1. The topological polar surface area (TPSA) is 46.2 Å². The quantitative estimate of drug-likeness (QED) is 0.863. The van der Waals surface area contributed by atoms with Gasteiger partial charge in [0, 0.05) is 12.3 Å². The van der Waals surface area contributed by atoms with Gasteiger partial charge in [-0.25, -0.2) is 4.39 Å². The summed E-state index contributed by atoms with van der Waals surface area (Å²) in [6.07, 6.45) is 1.04. The average molecular weight is 335 g/mol. The molecule has 1 aliphatic rings. The van der Waals surface area contributed by atoms with Crippen molar-refractivity contribution in [3.63, 3.8) is 0 Å². The molecule has 2 unspecified atom stereocenters. The summed E-state index contributed by atoms with van der Waals surface area (Å²) in [5.74, 6) is -0.677. The Balaban J connectivity index is 0.00000139. The van der Waals surface area contributed by atoms with Crippen LogP contribution in [0.4, 0.5) is 4.39 Å². The Morgan fingerprint density at radius 1 is 1.25 bits per heavy atom. The lowest BCUT2D eigenvalue weighted by Crippen LogP contribution is -2.49. The van der Waals surface area contributed by atoms with E-state index in [0.717, 1.165) is 0 Å². The fourth-order valence-electron chi connectivity index (χ4n) is 2.84. The number of hydrogen-bond donors (Lipinski definition) is 1. The van der Waals surface area contributed by atoms with E-state index in [4.69, 9.17) is 0 Å². The van der Waals surface area contributed by atoms with Gasteiger partial charge in [-0.1, -0.05) is 59.7 Å². The maximum Gasteiger partial charge on any atom is 0.224 e. The molecule has 24 heavy (non-hydrogen) atoms. The van der Waals surface area contributed by atoms with Crippen LogP contribution >= 0.6 is 0 Å². The van der Waals surface area contributed by atoms with E-state index in [1.54, 1.807) is 25.1 Å². The maximum atomic E-state index is 13.8. The fraction of sp³-hybridized carbons (Fsp3) is 0.600. The van der Waals surface area contributed by atoms with Gasteiger partial charge in [0.25, 0.3) is 0 Å². The van der Waals surface area contributed by atoms with E-state index in [-0.39, 0.29) is 34.8 Å². The molecule has 134 valence electrons. The molecule has 0 bridgehead atoms. The van der Waals surface area contributed by atoms with Crippen LogP contribution in [0.5, 0.6) is 0 Å². The maximum absolute atomic E-state index is 13.8. The standard InChI is InChI=1S/C18H24FNO2.C2H6/c1-5-15(21)16(18(2,3)4)20-17(22)13-10-12(13)11-8-6-7-9-14(11)19;1-2/h6-9,12-13,16H,5,10H2,1-4H3,(H,20,22);1-2H3/t12-,13?,16?;/m0./s1. The molecular weight excluding hydrogens is 305 g/mol. The van der Waals surface area contributed by atoms with Gasteiger partial charge in [0.2, 0.25) is 5.91 Å². The van der Waals surface area contributed by atoms with E-state index >= 15 is 0 Å². The first-order valence-corrected chi connectivity index (χ1v) is 8.83. The highest BCUT2D eigenvalue weighted by molar-refractivity contribution is 5.91. The summed E-state index contributed by atoms with van der Waals surface area (Å²) in [6.45, 7) is 11.6. The highest BCUT2D eigenvalue weighted by atomic mass is 19.1. The van der Waals surface area contributed by atoms with Crippen molar-refractivity contribution >= 4 is 11.7 Å². The first kappa shape index (κ1) is 20.3. The SMILES string of the molecule is CC.CCC(=O)C(NC(=O)C1C[C@H]1c1ccccc1F)C(C)(C)C. The van der Waals surface area contributed by atoms with Crippen molar-refractivity contribution in [2.75, 3.05) is 0 Å². The predicted molar refractivity (Wildman–Crippen MR) is 95.3 cm³/mol. The second-order valence-corrected chi connectivity index (χ2v) is 7.10. The first-order valence-electron chi connectivity index (χ1n) is 8.83. The zero-order chi connectivity index (χ0) is 18.5. The minimum absolute atomic E-state index is 0.0314. The van der Waals surface area contributed by atoms with Crippen LogP contribution in [0.25, 0.3) is 0 Å².